The number of aromatic nitrogens is 1. The fourth-order valence-corrected chi connectivity index (χ4v) is 3.28. The number of thiazole rings is 1. The molecule has 2 aromatic rings. The van der Waals surface area contributed by atoms with Crippen LogP contribution in [0.2, 0.25) is 0 Å². The quantitative estimate of drug-likeness (QED) is 0.850. The smallest absolute Gasteiger partial charge is 0.310 e. The summed E-state index contributed by atoms with van der Waals surface area (Å²) < 4.78 is 39.0. The summed E-state index contributed by atoms with van der Waals surface area (Å²) in [6.45, 7) is -0.191. The van der Waals surface area contributed by atoms with Gasteiger partial charge in [0.1, 0.15) is 12.2 Å². The highest BCUT2D eigenvalue weighted by molar-refractivity contribution is 7.07. The van der Waals surface area contributed by atoms with E-state index in [-0.39, 0.29) is 0 Å². The fraction of sp³-hybridized carbons (Fsp3) is 0.286. The van der Waals surface area contributed by atoms with Crippen LogP contribution in [0.25, 0.3) is 0 Å². The topological polar surface area (TPSA) is 42.3 Å². The van der Waals surface area contributed by atoms with Crippen molar-refractivity contribution in [2.75, 3.05) is 11.4 Å². The predicted octanol–water partition coefficient (Wildman–Crippen LogP) is 2.52. The van der Waals surface area contributed by atoms with E-state index in [1.807, 2.05) is 12.1 Å². The van der Waals surface area contributed by atoms with Crippen LogP contribution in [0.15, 0.2) is 34.4 Å². The second-order valence-corrected chi connectivity index (χ2v) is 5.72. The van der Waals surface area contributed by atoms with Gasteiger partial charge in [0.05, 0.1) is 0 Å². The second-order valence-electron chi connectivity index (χ2n) is 4.89. The molecule has 3 rings (SSSR count). The molecule has 2 heterocycles. The highest BCUT2D eigenvalue weighted by Crippen LogP contribution is 2.31. The first-order chi connectivity index (χ1) is 10.4. The molecule has 0 N–H and O–H groups in total. The van der Waals surface area contributed by atoms with E-state index in [1.165, 1.54) is 4.90 Å². The van der Waals surface area contributed by atoms with Crippen LogP contribution in [0.1, 0.15) is 11.3 Å². The Kier molecular flexibility index (Phi) is 3.56. The Morgan fingerprint density at radius 1 is 1.27 bits per heavy atom. The Labute approximate surface area is 127 Å². The largest absolute Gasteiger partial charge is 0.432 e. The third-order valence-corrected chi connectivity index (χ3v) is 4.32. The summed E-state index contributed by atoms with van der Waals surface area (Å²) in [7, 11) is 0. The zero-order valence-corrected chi connectivity index (χ0v) is 12.1. The maximum atomic E-state index is 12.9. The number of benzene rings is 1. The van der Waals surface area contributed by atoms with Gasteiger partial charge in [-0.25, -0.2) is 0 Å². The molecule has 0 fully saturated rings. The molecule has 0 atom stereocenters. The van der Waals surface area contributed by atoms with Crippen molar-refractivity contribution in [1.82, 2.24) is 4.57 Å². The first-order valence-electron chi connectivity index (χ1n) is 6.52. The fourth-order valence-electron chi connectivity index (χ4n) is 2.52. The lowest BCUT2D eigenvalue weighted by Gasteiger charge is -2.18. The first-order valence-corrected chi connectivity index (χ1v) is 7.39. The molecule has 1 aliphatic heterocycles. The van der Waals surface area contributed by atoms with E-state index < -0.39 is 29.2 Å². The van der Waals surface area contributed by atoms with Crippen LogP contribution < -0.4 is 9.77 Å². The van der Waals surface area contributed by atoms with Crippen LogP contribution in [-0.2, 0) is 23.9 Å². The monoisotopic (exact) mass is 328 g/mol. The summed E-state index contributed by atoms with van der Waals surface area (Å²) in [5.74, 6) is -0.518. The average Bonchev–Trinajstić information content (AvgIpc) is 3.03. The number of fused-ring (bicyclic) bond motifs is 1. The van der Waals surface area contributed by atoms with Gasteiger partial charge in [0.2, 0.25) is 5.91 Å². The van der Waals surface area contributed by atoms with Crippen LogP contribution in [0.4, 0.5) is 18.9 Å². The zero-order valence-electron chi connectivity index (χ0n) is 11.3. The van der Waals surface area contributed by atoms with Crippen LogP contribution in [0.3, 0.4) is 0 Å². The number of alkyl halides is 3. The van der Waals surface area contributed by atoms with E-state index in [2.05, 4.69) is 0 Å². The molecule has 0 saturated heterocycles. The predicted molar refractivity (Wildman–Crippen MR) is 76.1 cm³/mol. The van der Waals surface area contributed by atoms with Gasteiger partial charge in [0.15, 0.2) is 0 Å². The van der Waals surface area contributed by atoms with Crippen molar-refractivity contribution < 1.29 is 18.0 Å². The van der Waals surface area contributed by atoms with E-state index in [9.17, 15) is 22.8 Å². The summed E-state index contributed by atoms with van der Waals surface area (Å²) in [5, 5.41) is 0.744. The third-order valence-electron chi connectivity index (χ3n) is 3.55. The van der Waals surface area contributed by atoms with Crippen LogP contribution in [0, 0.1) is 0 Å². The molecule has 0 aliphatic carbocycles. The van der Waals surface area contributed by atoms with Gasteiger partial charge in [-0.2, -0.15) is 13.2 Å². The number of carbonyl (C=O) groups is 1. The molecule has 4 nitrogen and oxygen atoms in total. The minimum Gasteiger partial charge on any atom is -0.310 e. The van der Waals surface area contributed by atoms with Crippen molar-refractivity contribution in [3.63, 3.8) is 0 Å². The standard InChI is InChI=1S/C14H11F3N2O2S/c15-14(16,17)11-8-22-13(21)19(11)7-12(20)18-6-5-9-3-1-2-4-10(9)18/h1-4,8H,5-7H2. The molecular formula is C14H11F3N2O2S. The van der Waals surface area contributed by atoms with Crippen LogP contribution >= 0.6 is 11.3 Å². The van der Waals surface area contributed by atoms with Crippen molar-refractivity contribution in [3.05, 3.63) is 50.6 Å². The Bertz CT molecular complexity index is 779. The molecule has 0 unspecified atom stereocenters. The van der Waals surface area contributed by atoms with Gasteiger partial charge in [0, 0.05) is 17.6 Å². The second kappa shape index (κ2) is 5.28. The lowest BCUT2D eigenvalue weighted by molar-refractivity contribution is -0.144. The Morgan fingerprint density at radius 2 is 2.00 bits per heavy atom. The van der Waals surface area contributed by atoms with Crippen LogP contribution in [-0.4, -0.2) is 17.0 Å². The van der Waals surface area contributed by atoms with Gasteiger partial charge >= 0.3 is 11.0 Å². The first kappa shape index (κ1) is 14.8. The Hall–Kier alpha value is -2.09. The lowest BCUT2D eigenvalue weighted by atomic mass is 10.2. The average molecular weight is 328 g/mol. The van der Waals surface area contributed by atoms with Crippen molar-refractivity contribution in [2.45, 2.75) is 19.1 Å². The molecule has 116 valence electrons. The van der Waals surface area contributed by atoms with E-state index in [0.29, 0.717) is 34.6 Å². The number of amides is 1. The molecule has 0 bridgehead atoms. The summed E-state index contributed by atoms with van der Waals surface area (Å²) in [6.07, 6.45) is -3.99. The van der Waals surface area contributed by atoms with E-state index in [4.69, 9.17) is 0 Å². The molecule has 1 amide bonds. The lowest BCUT2D eigenvalue weighted by Crippen LogP contribution is -2.35. The van der Waals surface area contributed by atoms with Crippen molar-refractivity contribution >= 4 is 22.9 Å². The van der Waals surface area contributed by atoms with Gasteiger partial charge in [-0.05, 0) is 18.1 Å². The minimum absolute atomic E-state index is 0.415. The summed E-state index contributed by atoms with van der Waals surface area (Å²) in [5.41, 5.74) is 0.595. The number of anilines is 1. The molecule has 22 heavy (non-hydrogen) atoms. The van der Waals surface area contributed by atoms with Crippen LogP contribution in [0.5, 0.6) is 0 Å². The third kappa shape index (κ3) is 2.54. The van der Waals surface area contributed by atoms with Gasteiger partial charge in [0.25, 0.3) is 0 Å². The number of nitrogens with zero attached hydrogens (tertiary/aromatic N) is 2. The van der Waals surface area contributed by atoms with E-state index in [0.717, 1.165) is 10.9 Å². The zero-order chi connectivity index (χ0) is 15.9. The number of hydrogen-bond acceptors (Lipinski definition) is 3. The van der Waals surface area contributed by atoms with Crippen molar-refractivity contribution in [1.29, 1.82) is 0 Å². The summed E-state index contributed by atoms with van der Waals surface area (Å²) >= 11 is 0.445. The number of para-hydroxylation sites is 1. The van der Waals surface area contributed by atoms with E-state index >= 15 is 0 Å². The van der Waals surface area contributed by atoms with Gasteiger partial charge in [-0.1, -0.05) is 29.5 Å². The minimum atomic E-state index is -4.65. The number of carbonyl (C=O) groups excluding carboxylic acids is 1. The Morgan fingerprint density at radius 3 is 2.73 bits per heavy atom. The number of halogens is 3. The molecule has 0 saturated carbocycles. The number of hydrogen-bond donors (Lipinski definition) is 0. The molecule has 0 radical (unpaired) electrons. The highest BCUT2D eigenvalue weighted by atomic mass is 32.1. The number of rotatable bonds is 2. The molecular weight excluding hydrogens is 317 g/mol. The van der Waals surface area contributed by atoms with E-state index in [1.54, 1.807) is 12.1 Å². The summed E-state index contributed by atoms with van der Waals surface area (Å²) in [6, 6.07) is 7.24. The molecule has 1 aromatic heterocycles. The maximum absolute atomic E-state index is 12.9. The normalized spacial score (nSPS) is 14.2. The summed E-state index contributed by atoms with van der Waals surface area (Å²) in [4.78, 5) is 24.5. The maximum Gasteiger partial charge on any atom is 0.432 e. The molecule has 1 aliphatic rings. The Balaban J connectivity index is 1.88. The molecule has 0 spiro atoms. The molecule has 1 aromatic carbocycles. The van der Waals surface area contributed by atoms with Gasteiger partial charge < -0.3 is 4.90 Å². The van der Waals surface area contributed by atoms with Crippen molar-refractivity contribution in [2.24, 2.45) is 0 Å². The molecule has 8 heteroatoms. The SMILES string of the molecule is O=C(Cn1c(C(F)(F)F)csc1=O)N1CCc2ccccc21. The van der Waals surface area contributed by atoms with Crippen molar-refractivity contribution in [3.8, 4) is 0 Å². The van der Waals surface area contributed by atoms with Gasteiger partial charge in [-0.15, -0.1) is 0 Å². The highest BCUT2D eigenvalue weighted by Gasteiger charge is 2.36. The van der Waals surface area contributed by atoms with Gasteiger partial charge in [-0.3, -0.25) is 14.2 Å².